The first-order chi connectivity index (χ1) is 24.7. The summed E-state index contributed by atoms with van der Waals surface area (Å²) < 4.78 is 18.3. The van der Waals surface area contributed by atoms with Crippen molar-refractivity contribution in [3.05, 3.63) is 192 Å². The average molecular weight is 676 g/mol. The third-order valence-corrected chi connectivity index (χ3v) is 10.1. The van der Waals surface area contributed by atoms with Gasteiger partial charge < -0.3 is 14.1 Å². The lowest BCUT2D eigenvalue weighted by Crippen LogP contribution is -2.36. The van der Waals surface area contributed by atoms with Crippen LogP contribution in [0.3, 0.4) is 0 Å². The lowest BCUT2D eigenvalue weighted by Gasteiger charge is -2.37. The smallest absolute Gasteiger partial charge is 0.196 e. The highest BCUT2D eigenvalue weighted by Gasteiger charge is 2.38. The fourth-order valence-electron chi connectivity index (χ4n) is 6.82. The summed E-state index contributed by atoms with van der Waals surface area (Å²) in [6, 6.07) is 40.7. The summed E-state index contributed by atoms with van der Waals surface area (Å²) >= 11 is 1.55. The molecular weight excluding hydrogens is 642 g/mol. The molecule has 4 aromatic heterocycles. The Kier molecular flexibility index (Phi) is 8.79. The maximum atomic E-state index is 13.9. The normalized spacial score (nSPS) is 11.7. The van der Waals surface area contributed by atoms with Gasteiger partial charge in [0, 0.05) is 53.6 Å². The number of H-pyrrole nitrogens is 1. The van der Waals surface area contributed by atoms with Crippen molar-refractivity contribution in [3.8, 4) is 0 Å². The number of pyridine rings is 1. The lowest BCUT2D eigenvalue weighted by atomic mass is 9.77. The van der Waals surface area contributed by atoms with Crippen molar-refractivity contribution in [2.75, 3.05) is 0 Å². The van der Waals surface area contributed by atoms with E-state index >= 15 is 0 Å². The molecule has 4 heterocycles. The monoisotopic (exact) mass is 675 g/mol. The van der Waals surface area contributed by atoms with Crippen LogP contribution in [0.15, 0.2) is 162 Å². The summed E-state index contributed by atoms with van der Waals surface area (Å²) in [5.41, 5.74) is 5.69. The van der Waals surface area contributed by atoms with Gasteiger partial charge in [-0.05, 0) is 77.2 Å². The van der Waals surface area contributed by atoms with Gasteiger partial charge in [-0.1, -0.05) is 91.0 Å². The van der Waals surface area contributed by atoms with Crippen molar-refractivity contribution < 1.29 is 4.39 Å². The lowest BCUT2D eigenvalue weighted by molar-refractivity contribution is 0.513. The van der Waals surface area contributed by atoms with E-state index in [0.29, 0.717) is 13.0 Å². The fraction of sp³-hybridized carbons (Fsp3) is 0.122. The SMILES string of the molecule is Fc1ccc2c(Cc3nnc(Sc4cccnc4)n3CCCc3cn(C(c4ccccc4)(c4ccccc4)c4ccccc4)cn3)c[nH]c2c1. The first kappa shape index (κ1) is 31.5. The van der Waals surface area contributed by atoms with Crippen LogP contribution < -0.4 is 0 Å². The Balaban J connectivity index is 1.10. The number of aryl methyl sites for hydroxylation is 1. The number of aromatic amines is 1. The van der Waals surface area contributed by atoms with E-state index in [1.54, 1.807) is 18.0 Å². The van der Waals surface area contributed by atoms with Crippen molar-refractivity contribution in [2.45, 2.75) is 41.4 Å². The minimum absolute atomic E-state index is 0.264. The second kappa shape index (κ2) is 14.0. The van der Waals surface area contributed by atoms with Crippen LogP contribution in [0.4, 0.5) is 4.39 Å². The van der Waals surface area contributed by atoms with E-state index in [1.165, 1.54) is 12.1 Å². The number of nitrogens with zero attached hydrogens (tertiary/aromatic N) is 6. The van der Waals surface area contributed by atoms with Gasteiger partial charge in [0.25, 0.3) is 0 Å². The number of halogens is 1. The Morgan fingerprint density at radius 3 is 2.14 bits per heavy atom. The molecule has 8 rings (SSSR count). The molecule has 9 heteroatoms. The molecule has 0 saturated carbocycles. The first-order valence-electron chi connectivity index (χ1n) is 16.6. The van der Waals surface area contributed by atoms with Crippen molar-refractivity contribution in [1.82, 2.24) is 34.3 Å². The van der Waals surface area contributed by atoms with Gasteiger partial charge in [0.1, 0.15) is 17.2 Å². The number of rotatable bonds is 12. The Labute approximate surface area is 293 Å². The molecule has 0 saturated heterocycles. The number of benzene rings is 4. The molecule has 8 aromatic rings. The third kappa shape index (κ3) is 6.12. The zero-order valence-electron chi connectivity index (χ0n) is 27.2. The highest BCUT2D eigenvalue weighted by Crippen LogP contribution is 2.41. The van der Waals surface area contributed by atoms with Crippen LogP contribution in [0, 0.1) is 5.82 Å². The molecule has 0 spiro atoms. The van der Waals surface area contributed by atoms with E-state index < -0.39 is 5.54 Å². The summed E-state index contributed by atoms with van der Waals surface area (Å²) in [6.07, 6.45) is 11.9. The molecule has 4 aromatic carbocycles. The van der Waals surface area contributed by atoms with Gasteiger partial charge in [0.05, 0.1) is 12.0 Å². The first-order valence-corrected chi connectivity index (χ1v) is 17.5. The summed E-state index contributed by atoms with van der Waals surface area (Å²) in [7, 11) is 0. The van der Waals surface area contributed by atoms with Crippen molar-refractivity contribution in [2.24, 2.45) is 0 Å². The van der Waals surface area contributed by atoms with Gasteiger partial charge in [-0.25, -0.2) is 9.37 Å². The number of hydrogen-bond acceptors (Lipinski definition) is 5. The molecule has 0 amide bonds. The highest BCUT2D eigenvalue weighted by atomic mass is 32.2. The van der Waals surface area contributed by atoms with Crippen LogP contribution in [0.25, 0.3) is 10.9 Å². The molecule has 0 unspecified atom stereocenters. The van der Waals surface area contributed by atoms with Gasteiger partial charge in [0.2, 0.25) is 0 Å². The van der Waals surface area contributed by atoms with E-state index in [-0.39, 0.29) is 5.82 Å². The molecule has 0 aliphatic rings. The van der Waals surface area contributed by atoms with Crippen LogP contribution in [0.5, 0.6) is 0 Å². The van der Waals surface area contributed by atoms with Gasteiger partial charge in [-0.2, -0.15) is 0 Å². The molecule has 0 fully saturated rings. The Hall–Kier alpha value is -5.80. The summed E-state index contributed by atoms with van der Waals surface area (Å²) in [5, 5.41) is 11.0. The van der Waals surface area contributed by atoms with E-state index in [9.17, 15) is 4.39 Å². The Morgan fingerprint density at radius 1 is 0.780 bits per heavy atom. The van der Waals surface area contributed by atoms with Crippen LogP contribution in [0.2, 0.25) is 0 Å². The second-order valence-electron chi connectivity index (χ2n) is 12.2. The number of nitrogens with one attached hydrogen (secondary N) is 1. The van der Waals surface area contributed by atoms with Crippen LogP contribution in [0.1, 0.15) is 40.2 Å². The second-order valence-corrected chi connectivity index (χ2v) is 13.2. The van der Waals surface area contributed by atoms with Gasteiger partial charge in [0.15, 0.2) is 5.16 Å². The quantitative estimate of drug-likeness (QED) is 0.131. The summed E-state index contributed by atoms with van der Waals surface area (Å²) in [5.74, 6) is 0.587. The number of fused-ring (bicyclic) bond motifs is 1. The van der Waals surface area contributed by atoms with E-state index in [0.717, 1.165) is 67.6 Å². The zero-order chi connectivity index (χ0) is 33.8. The molecule has 0 radical (unpaired) electrons. The van der Waals surface area contributed by atoms with Crippen LogP contribution in [-0.2, 0) is 24.9 Å². The molecule has 7 nitrogen and oxygen atoms in total. The molecule has 0 bridgehead atoms. The minimum atomic E-state index is -0.605. The van der Waals surface area contributed by atoms with Gasteiger partial charge >= 0.3 is 0 Å². The topological polar surface area (TPSA) is 77.2 Å². The molecule has 246 valence electrons. The predicted octanol–water partition coefficient (Wildman–Crippen LogP) is 8.71. The molecule has 0 aliphatic heterocycles. The van der Waals surface area contributed by atoms with E-state index in [1.807, 2.05) is 36.9 Å². The fourth-order valence-corrected chi connectivity index (χ4v) is 7.68. The predicted molar refractivity (Wildman–Crippen MR) is 195 cm³/mol. The summed E-state index contributed by atoms with van der Waals surface area (Å²) in [4.78, 5) is 13.5. The van der Waals surface area contributed by atoms with Crippen molar-refractivity contribution in [3.63, 3.8) is 0 Å². The van der Waals surface area contributed by atoms with Gasteiger partial charge in [-0.15, -0.1) is 10.2 Å². The Bertz CT molecular complexity index is 2220. The number of imidazole rings is 1. The van der Waals surface area contributed by atoms with Gasteiger partial charge in [-0.3, -0.25) is 4.98 Å². The molecule has 1 N–H and O–H groups in total. The Morgan fingerprint density at radius 2 is 1.48 bits per heavy atom. The zero-order valence-corrected chi connectivity index (χ0v) is 28.0. The molecule has 50 heavy (non-hydrogen) atoms. The summed E-state index contributed by atoms with van der Waals surface area (Å²) in [6.45, 7) is 0.704. The highest BCUT2D eigenvalue weighted by molar-refractivity contribution is 7.99. The molecular formula is C41H34FN7S. The van der Waals surface area contributed by atoms with Crippen molar-refractivity contribution >= 4 is 22.7 Å². The molecule has 0 atom stereocenters. The third-order valence-electron chi connectivity index (χ3n) is 9.13. The largest absolute Gasteiger partial charge is 0.361 e. The number of aromatic nitrogens is 7. The maximum Gasteiger partial charge on any atom is 0.196 e. The maximum absolute atomic E-state index is 13.9. The van der Waals surface area contributed by atoms with Crippen LogP contribution >= 0.6 is 11.8 Å². The van der Waals surface area contributed by atoms with Crippen LogP contribution in [-0.4, -0.2) is 34.3 Å². The number of hydrogen-bond donors (Lipinski definition) is 1. The molecule has 0 aliphatic carbocycles. The van der Waals surface area contributed by atoms with E-state index in [4.69, 9.17) is 4.98 Å². The van der Waals surface area contributed by atoms with E-state index in [2.05, 4.69) is 126 Å². The average Bonchev–Trinajstić information content (AvgIpc) is 3.90. The minimum Gasteiger partial charge on any atom is -0.361 e. The standard InChI is InChI=1S/C41H34FN7S/c42-34-20-21-37-30(26-44-38(37)25-34)24-39-46-47-40(50-36-19-10-22-43-27-36)49(39)23-11-18-35-28-48(29-45-35)41(31-12-4-1-5-13-31,32-14-6-2-7-15-32)33-16-8-3-9-17-33/h1-10,12-17,19-22,25-29,44H,11,18,23-24H2. The van der Waals surface area contributed by atoms with Crippen molar-refractivity contribution in [1.29, 1.82) is 0 Å².